The highest BCUT2D eigenvalue weighted by Crippen LogP contribution is 2.29. The fourth-order valence-electron chi connectivity index (χ4n) is 3.39. The molecule has 1 aromatic heterocycles. The molecule has 0 saturated carbocycles. The molecule has 2 aromatic carbocycles. The van der Waals surface area contributed by atoms with Gasteiger partial charge in [-0.15, -0.1) is 0 Å². The van der Waals surface area contributed by atoms with Crippen molar-refractivity contribution in [1.29, 1.82) is 0 Å². The molecule has 0 bridgehead atoms. The average Bonchev–Trinajstić information content (AvgIpc) is 3.18. The Morgan fingerprint density at radius 1 is 1.18 bits per heavy atom. The predicted molar refractivity (Wildman–Crippen MR) is 125 cm³/mol. The lowest BCUT2D eigenvalue weighted by Gasteiger charge is -2.26. The summed E-state index contributed by atoms with van der Waals surface area (Å²) in [6, 6.07) is 13.4. The van der Waals surface area contributed by atoms with E-state index in [1.807, 2.05) is 55.8 Å². The third-order valence-electron chi connectivity index (χ3n) is 4.67. The second-order valence-corrected chi connectivity index (χ2v) is 8.57. The maximum absolute atomic E-state index is 12.4. The molecule has 0 N–H and O–H groups in total. The lowest BCUT2D eigenvalue weighted by Crippen LogP contribution is -2.34. The Hall–Kier alpha value is -3.39. The summed E-state index contributed by atoms with van der Waals surface area (Å²) in [6.07, 6.45) is 2.94. The summed E-state index contributed by atoms with van der Waals surface area (Å²) in [5.41, 5.74) is 1.84. The van der Waals surface area contributed by atoms with Gasteiger partial charge in [-0.2, -0.15) is 5.10 Å². The van der Waals surface area contributed by atoms with Crippen molar-refractivity contribution < 1.29 is 23.9 Å². The normalized spacial score (nSPS) is 11.4. The average molecular weight is 454 g/mol. The minimum atomic E-state index is -0.466. The van der Waals surface area contributed by atoms with Crippen LogP contribution in [0.1, 0.15) is 50.0 Å². The Kier molecular flexibility index (Phi) is 8.06. The van der Waals surface area contributed by atoms with Gasteiger partial charge in [0.2, 0.25) is 6.41 Å². The second kappa shape index (κ2) is 11.0. The first-order valence-electron chi connectivity index (χ1n) is 11.0. The van der Waals surface area contributed by atoms with Crippen LogP contribution in [0.2, 0.25) is 0 Å². The summed E-state index contributed by atoms with van der Waals surface area (Å²) >= 11 is 0. The molecule has 0 radical (unpaired) electrons. The van der Waals surface area contributed by atoms with Gasteiger partial charge >= 0.3 is 5.97 Å². The Morgan fingerprint density at radius 2 is 1.94 bits per heavy atom. The number of hydroxylamine groups is 2. The van der Waals surface area contributed by atoms with Crippen molar-refractivity contribution >= 4 is 23.3 Å². The van der Waals surface area contributed by atoms with Crippen molar-refractivity contribution in [2.75, 3.05) is 19.8 Å². The molecule has 0 atom stereocenters. The summed E-state index contributed by atoms with van der Waals surface area (Å²) < 4.78 is 13.1. The van der Waals surface area contributed by atoms with Crippen molar-refractivity contribution in [3.63, 3.8) is 0 Å². The summed E-state index contributed by atoms with van der Waals surface area (Å²) in [7, 11) is 0. The molecule has 3 aromatic rings. The largest absolute Gasteiger partial charge is 0.491 e. The lowest BCUT2D eigenvalue weighted by atomic mass is 10.1. The van der Waals surface area contributed by atoms with Crippen LogP contribution in [-0.2, 0) is 20.9 Å². The number of ether oxygens (including phenoxy) is 2. The van der Waals surface area contributed by atoms with Gasteiger partial charge in [0.25, 0.3) is 0 Å². The smallest absolute Gasteiger partial charge is 0.338 e. The summed E-state index contributed by atoms with van der Waals surface area (Å²) in [4.78, 5) is 29.2. The van der Waals surface area contributed by atoms with Crippen molar-refractivity contribution in [3.8, 4) is 5.75 Å². The van der Waals surface area contributed by atoms with Crippen LogP contribution in [0.5, 0.6) is 5.75 Å². The molecule has 8 nitrogen and oxygen atoms in total. The molecular weight excluding hydrogens is 422 g/mol. The number of rotatable bonds is 11. The van der Waals surface area contributed by atoms with Gasteiger partial charge in [-0.1, -0.05) is 30.3 Å². The molecule has 3 rings (SSSR count). The minimum Gasteiger partial charge on any atom is -0.491 e. The van der Waals surface area contributed by atoms with Gasteiger partial charge < -0.3 is 9.47 Å². The number of aromatic nitrogens is 2. The summed E-state index contributed by atoms with van der Waals surface area (Å²) in [6.45, 7) is 8.97. The first-order chi connectivity index (χ1) is 15.8. The molecule has 0 aliphatic carbocycles. The molecule has 0 aliphatic rings. The second-order valence-electron chi connectivity index (χ2n) is 8.57. The van der Waals surface area contributed by atoms with Gasteiger partial charge in [-0.25, -0.2) is 9.86 Å². The number of nitrogens with zero attached hydrogens (tertiary/aromatic N) is 3. The number of hydrogen-bond acceptors (Lipinski definition) is 6. The molecule has 0 spiro atoms. The van der Waals surface area contributed by atoms with Crippen molar-refractivity contribution in [1.82, 2.24) is 14.8 Å². The molecule has 8 heteroatoms. The van der Waals surface area contributed by atoms with E-state index in [0.717, 1.165) is 16.5 Å². The van der Waals surface area contributed by atoms with E-state index in [4.69, 9.17) is 14.3 Å². The maximum atomic E-state index is 12.4. The van der Waals surface area contributed by atoms with Gasteiger partial charge in [0, 0.05) is 11.8 Å². The molecule has 0 saturated heterocycles. The zero-order valence-electron chi connectivity index (χ0n) is 19.6. The number of fused-ring (bicyclic) bond motifs is 1. The molecule has 176 valence electrons. The number of amides is 1. The van der Waals surface area contributed by atoms with Gasteiger partial charge in [-0.3, -0.25) is 14.3 Å². The van der Waals surface area contributed by atoms with Crippen LogP contribution < -0.4 is 4.74 Å². The van der Waals surface area contributed by atoms with E-state index in [1.165, 1.54) is 5.06 Å². The number of esters is 1. The van der Waals surface area contributed by atoms with Crippen molar-refractivity contribution in [2.24, 2.45) is 0 Å². The van der Waals surface area contributed by atoms with E-state index < -0.39 is 11.6 Å². The van der Waals surface area contributed by atoms with Crippen LogP contribution in [0.15, 0.2) is 48.7 Å². The minimum absolute atomic E-state index is 0.287. The van der Waals surface area contributed by atoms with Crippen LogP contribution in [0.3, 0.4) is 0 Å². The van der Waals surface area contributed by atoms with E-state index in [0.29, 0.717) is 43.8 Å². The monoisotopic (exact) mass is 453 g/mol. The highest BCUT2D eigenvalue weighted by molar-refractivity contribution is 5.97. The fraction of sp³-hybridized carbons (Fsp3) is 0.400. The van der Waals surface area contributed by atoms with E-state index in [1.54, 1.807) is 25.3 Å². The topological polar surface area (TPSA) is 82.9 Å². The molecule has 1 heterocycles. The Balaban J connectivity index is 1.81. The molecule has 0 fully saturated rings. The number of carbonyl (C=O) groups excluding carboxylic acids is 2. The Labute approximate surface area is 194 Å². The standard InChI is InChI=1S/C25H31N3O5/c1-5-31-24(30)20-14-21-16-26-28(17-19-10-7-6-8-11-19)23(21)22(15-20)32-13-9-12-27(18-29)33-25(2,3)4/h6-8,10-11,14-16,18H,5,9,12-13,17H2,1-4H3. The van der Waals surface area contributed by atoms with E-state index in [2.05, 4.69) is 5.10 Å². The number of carbonyl (C=O) groups is 2. The Morgan fingerprint density at radius 3 is 2.61 bits per heavy atom. The number of benzene rings is 2. The van der Waals surface area contributed by atoms with Crippen LogP contribution in [0.4, 0.5) is 0 Å². The third kappa shape index (κ3) is 6.79. The van der Waals surface area contributed by atoms with Crippen molar-refractivity contribution in [2.45, 2.75) is 46.3 Å². The molecular formula is C25H31N3O5. The van der Waals surface area contributed by atoms with Crippen LogP contribution in [0.25, 0.3) is 10.9 Å². The maximum Gasteiger partial charge on any atom is 0.338 e. The SMILES string of the molecule is CCOC(=O)c1cc(OCCCN(C=O)OC(C)(C)C)c2c(cnn2Cc2ccccc2)c1. The molecule has 0 unspecified atom stereocenters. The van der Waals surface area contributed by atoms with Gasteiger partial charge in [0.15, 0.2) is 0 Å². The van der Waals surface area contributed by atoms with E-state index >= 15 is 0 Å². The summed E-state index contributed by atoms with van der Waals surface area (Å²) in [5.74, 6) is 0.129. The highest BCUT2D eigenvalue weighted by atomic mass is 16.7. The molecule has 0 aliphatic heterocycles. The predicted octanol–water partition coefficient (Wildman–Crippen LogP) is 4.22. The Bertz CT molecular complexity index is 1070. The van der Waals surface area contributed by atoms with Crippen LogP contribution in [-0.4, -0.2) is 52.6 Å². The zero-order chi connectivity index (χ0) is 23.8. The molecule has 1 amide bonds. The van der Waals surface area contributed by atoms with Crippen LogP contribution >= 0.6 is 0 Å². The van der Waals surface area contributed by atoms with Crippen molar-refractivity contribution in [3.05, 3.63) is 59.8 Å². The zero-order valence-corrected chi connectivity index (χ0v) is 19.6. The number of hydrogen-bond donors (Lipinski definition) is 0. The fourth-order valence-corrected chi connectivity index (χ4v) is 3.39. The van der Waals surface area contributed by atoms with Gasteiger partial charge in [-0.05, 0) is 45.4 Å². The first-order valence-corrected chi connectivity index (χ1v) is 11.0. The van der Waals surface area contributed by atoms with Crippen LogP contribution in [0, 0.1) is 0 Å². The van der Waals surface area contributed by atoms with E-state index in [-0.39, 0.29) is 6.61 Å². The van der Waals surface area contributed by atoms with Gasteiger partial charge in [0.1, 0.15) is 11.3 Å². The lowest BCUT2D eigenvalue weighted by molar-refractivity contribution is -0.216. The molecule has 33 heavy (non-hydrogen) atoms. The quantitative estimate of drug-likeness (QED) is 0.187. The third-order valence-corrected chi connectivity index (χ3v) is 4.67. The first kappa shape index (κ1) is 24.3. The van der Waals surface area contributed by atoms with E-state index in [9.17, 15) is 9.59 Å². The highest BCUT2D eigenvalue weighted by Gasteiger charge is 2.18. The summed E-state index contributed by atoms with van der Waals surface area (Å²) in [5, 5.41) is 6.58. The van der Waals surface area contributed by atoms with Gasteiger partial charge in [0.05, 0.1) is 43.7 Å².